The third-order valence-electron chi connectivity index (χ3n) is 7.89. The Hall–Kier alpha value is -4.02. The topological polar surface area (TPSA) is 55.7 Å². The highest BCUT2D eigenvalue weighted by Gasteiger charge is 2.72. The Morgan fingerprint density at radius 3 is 2.16 bits per heavy atom. The van der Waals surface area contributed by atoms with Crippen molar-refractivity contribution in [1.82, 2.24) is 0 Å². The van der Waals surface area contributed by atoms with Crippen LogP contribution in [0.5, 0.6) is 0 Å². The molecular formula is C33H30F7NO3. The van der Waals surface area contributed by atoms with Crippen molar-refractivity contribution >= 4 is 17.5 Å². The van der Waals surface area contributed by atoms with Crippen LogP contribution in [0.3, 0.4) is 0 Å². The first-order valence-corrected chi connectivity index (χ1v) is 14.0. The van der Waals surface area contributed by atoms with E-state index in [2.05, 4.69) is 5.16 Å². The molecule has 4 nitrogen and oxygen atoms in total. The lowest BCUT2D eigenvalue weighted by Gasteiger charge is -2.35. The largest absolute Gasteiger partial charge is 0.459 e. The molecule has 0 aromatic heterocycles. The predicted octanol–water partition coefficient (Wildman–Crippen LogP) is 9.02. The van der Waals surface area contributed by atoms with E-state index in [0.717, 1.165) is 12.5 Å². The highest BCUT2D eigenvalue weighted by Crippen LogP contribution is 2.56. The molecule has 44 heavy (non-hydrogen) atoms. The third kappa shape index (κ3) is 6.14. The van der Waals surface area contributed by atoms with Gasteiger partial charge in [0, 0.05) is 30.7 Å². The van der Waals surface area contributed by atoms with Gasteiger partial charge in [0.1, 0.15) is 5.71 Å². The van der Waals surface area contributed by atoms with E-state index < -0.39 is 48.0 Å². The number of ketones is 1. The summed E-state index contributed by atoms with van der Waals surface area (Å²) in [5, 5.41) is 3.78. The van der Waals surface area contributed by atoms with Gasteiger partial charge in [-0.15, -0.1) is 0 Å². The van der Waals surface area contributed by atoms with E-state index in [9.17, 15) is 40.3 Å². The quantitative estimate of drug-likeness (QED) is 0.0706. The number of Topliss-reactive ketones (excluding diaryl/α,β-unsaturated/α-hetero) is 1. The number of benzene rings is 3. The molecule has 234 valence electrons. The minimum atomic E-state index is -6.44. The monoisotopic (exact) mass is 621 g/mol. The summed E-state index contributed by atoms with van der Waals surface area (Å²) in [7, 11) is 0. The van der Waals surface area contributed by atoms with Crippen molar-refractivity contribution in [3.05, 3.63) is 94.5 Å². The second-order valence-corrected chi connectivity index (χ2v) is 11.0. The van der Waals surface area contributed by atoms with Gasteiger partial charge in [-0.1, -0.05) is 84.7 Å². The molecule has 3 aromatic carbocycles. The molecule has 1 atom stereocenters. The number of hydrogen-bond acceptors (Lipinski definition) is 4. The number of carbonyl (C=O) groups excluding carboxylic acids is 2. The van der Waals surface area contributed by atoms with Crippen molar-refractivity contribution < 1.29 is 45.2 Å². The molecule has 1 unspecified atom stereocenters. The first kappa shape index (κ1) is 32.9. The van der Waals surface area contributed by atoms with Crippen LogP contribution in [-0.4, -0.2) is 35.5 Å². The maximum absolute atomic E-state index is 14.6. The van der Waals surface area contributed by atoms with Crippen molar-refractivity contribution in [3.8, 4) is 11.1 Å². The van der Waals surface area contributed by atoms with Gasteiger partial charge in [0.15, 0.2) is 0 Å². The lowest BCUT2D eigenvalue weighted by Crippen LogP contribution is -2.52. The molecule has 0 aliphatic heterocycles. The van der Waals surface area contributed by atoms with Crippen LogP contribution in [0, 0.1) is 6.92 Å². The summed E-state index contributed by atoms with van der Waals surface area (Å²) < 4.78 is 95.9. The SMILES string of the molecule is CCCC1(CCC(F)(F)C(F)(F)C(F)(F)F)c2ccccc2-c2ccc(C(=O)/C(Cc3cccc(C)c3)=N/OC(C)=O)cc21. The number of carbonyl (C=O) groups is 2. The number of nitrogens with zero attached hydrogens (tertiary/aromatic N) is 1. The smallest absolute Gasteiger partial charge is 0.318 e. The standard InChI is InChI=1S/C33H30F7NO3/c1-4-14-30(15-16-31(34,35)32(36,37)33(38,39)40)26-11-6-5-10-24(26)25-13-12-23(19-27(25)30)29(43)28(41-44-21(3)42)18-22-9-7-8-20(2)17-22/h5-13,17,19H,4,14-16,18H2,1-3H3/b41-28+. The zero-order chi connectivity index (χ0) is 32.5. The summed E-state index contributed by atoms with van der Waals surface area (Å²) in [5.74, 6) is -13.0. The van der Waals surface area contributed by atoms with Gasteiger partial charge in [-0.05, 0) is 53.6 Å². The molecule has 0 N–H and O–H groups in total. The normalized spacial score (nSPS) is 16.8. The Morgan fingerprint density at radius 1 is 0.841 bits per heavy atom. The van der Waals surface area contributed by atoms with Gasteiger partial charge in [-0.2, -0.15) is 30.7 Å². The van der Waals surface area contributed by atoms with E-state index in [1.165, 1.54) is 12.1 Å². The Morgan fingerprint density at radius 2 is 1.52 bits per heavy atom. The van der Waals surface area contributed by atoms with E-state index in [-0.39, 0.29) is 24.1 Å². The number of fused-ring (bicyclic) bond motifs is 3. The molecule has 1 aliphatic carbocycles. The molecule has 0 bridgehead atoms. The fraction of sp³-hybridized carbons (Fsp3) is 0.364. The van der Waals surface area contributed by atoms with Gasteiger partial charge < -0.3 is 4.84 Å². The first-order valence-electron chi connectivity index (χ1n) is 14.0. The van der Waals surface area contributed by atoms with Gasteiger partial charge in [0.05, 0.1) is 0 Å². The molecule has 0 radical (unpaired) electrons. The summed E-state index contributed by atoms with van der Waals surface area (Å²) in [6, 6.07) is 18.4. The molecule has 1 aliphatic rings. The van der Waals surface area contributed by atoms with Crippen molar-refractivity contribution in [1.29, 1.82) is 0 Å². The van der Waals surface area contributed by atoms with Crippen LogP contribution in [0.1, 0.15) is 72.1 Å². The summed E-state index contributed by atoms with van der Waals surface area (Å²) in [4.78, 5) is 30.1. The summed E-state index contributed by atoms with van der Waals surface area (Å²) in [6.07, 6.45) is -8.42. The zero-order valence-electron chi connectivity index (χ0n) is 24.2. The maximum Gasteiger partial charge on any atom is 0.459 e. The fourth-order valence-electron chi connectivity index (χ4n) is 5.88. The Bertz CT molecular complexity index is 1600. The van der Waals surface area contributed by atoms with Crippen LogP contribution >= 0.6 is 0 Å². The second kappa shape index (κ2) is 12.2. The number of hydrogen-bond donors (Lipinski definition) is 0. The summed E-state index contributed by atoms with van der Waals surface area (Å²) in [5.41, 5.74) is 2.18. The molecule has 0 fully saturated rings. The Kier molecular flexibility index (Phi) is 9.09. The molecule has 0 spiro atoms. The number of alkyl halides is 7. The lowest BCUT2D eigenvalue weighted by molar-refractivity contribution is -0.356. The number of rotatable bonds is 11. The Balaban J connectivity index is 1.81. The van der Waals surface area contributed by atoms with Gasteiger partial charge in [-0.3, -0.25) is 4.79 Å². The minimum Gasteiger partial charge on any atom is -0.318 e. The van der Waals surface area contributed by atoms with Crippen molar-refractivity contribution in [2.75, 3.05) is 0 Å². The molecule has 0 amide bonds. The second-order valence-electron chi connectivity index (χ2n) is 11.0. The van der Waals surface area contributed by atoms with Crippen molar-refractivity contribution in [2.24, 2.45) is 5.16 Å². The van der Waals surface area contributed by atoms with E-state index in [0.29, 0.717) is 34.2 Å². The van der Waals surface area contributed by atoms with Crippen molar-refractivity contribution in [3.63, 3.8) is 0 Å². The number of oxime groups is 1. The summed E-state index contributed by atoms with van der Waals surface area (Å²) in [6.45, 7) is 4.71. The van der Waals surface area contributed by atoms with Gasteiger partial charge in [0.25, 0.3) is 0 Å². The molecule has 0 saturated carbocycles. The highest BCUT2D eigenvalue weighted by molar-refractivity contribution is 6.46. The van der Waals surface area contributed by atoms with Crippen LogP contribution in [0.25, 0.3) is 11.1 Å². The third-order valence-corrected chi connectivity index (χ3v) is 7.89. The molecule has 11 heteroatoms. The minimum absolute atomic E-state index is 0.00997. The van der Waals surface area contributed by atoms with E-state index in [1.807, 2.05) is 19.1 Å². The maximum atomic E-state index is 14.6. The molecular weight excluding hydrogens is 591 g/mol. The average Bonchev–Trinajstić information content (AvgIpc) is 3.22. The van der Waals surface area contributed by atoms with Crippen LogP contribution < -0.4 is 0 Å². The Labute approximate surface area is 249 Å². The van der Waals surface area contributed by atoms with Crippen LogP contribution in [0.4, 0.5) is 30.7 Å². The predicted molar refractivity (Wildman–Crippen MR) is 151 cm³/mol. The van der Waals surface area contributed by atoms with Gasteiger partial charge >= 0.3 is 24.0 Å². The molecule has 3 aromatic rings. The zero-order valence-corrected chi connectivity index (χ0v) is 24.2. The van der Waals surface area contributed by atoms with Crippen LogP contribution in [-0.2, 0) is 21.5 Å². The van der Waals surface area contributed by atoms with Crippen molar-refractivity contribution in [2.45, 2.75) is 76.3 Å². The fourth-order valence-corrected chi connectivity index (χ4v) is 5.88. The number of aryl methyl sites for hydroxylation is 1. The molecule has 4 rings (SSSR count). The molecule has 0 heterocycles. The first-order chi connectivity index (χ1) is 20.5. The molecule has 0 saturated heterocycles. The highest BCUT2D eigenvalue weighted by atomic mass is 19.4. The summed E-state index contributed by atoms with van der Waals surface area (Å²) >= 11 is 0. The van der Waals surface area contributed by atoms with Crippen LogP contribution in [0.2, 0.25) is 0 Å². The van der Waals surface area contributed by atoms with E-state index in [4.69, 9.17) is 4.84 Å². The average molecular weight is 622 g/mol. The van der Waals surface area contributed by atoms with E-state index >= 15 is 0 Å². The van der Waals surface area contributed by atoms with E-state index in [1.54, 1.807) is 49.4 Å². The number of halogens is 7. The lowest BCUT2D eigenvalue weighted by atomic mass is 9.70. The van der Waals surface area contributed by atoms with Gasteiger partial charge in [0.2, 0.25) is 5.78 Å². The van der Waals surface area contributed by atoms with Crippen LogP contribution in [0.15, 0.2) is 71.9 Å². The van der Waals surface area contributed by atoms with Gasteiger partial charge in [-0.25, -0.2) is 4.79 Å².